The molecule has 3 saturated carbocycles. The molecular weight excluding hydrogens is 432 g/mol. The number of aryl methyl sites for hydroxylation is 1. The van der Waals surface area contributed by atoms with Gasteiger partial charge < -0.3 is 11.1 Å². The smallest absolute Gasteiger partial charge is 0.241 e. The number of nitrogen functional groups attached to an aromatic ring is 1. The van der Waals surface area contributed by atoms with Crippen LogP contribution < -0.4 is 15.8 Å². The minimum Gasteiger partial charge on any atom is -0.381 e. The van der Waals surface area contributed by atoms with Gasteiger partial charge >= 0.3 is 0 Å². The van der Waals surface area contributed by atoms with Crippen LogP contribution >= 0.6 is 0 Å². The van der Waals surface area contributed by atoms with E-state index in [1.165, 1.54) is 23.5 Å². The molecule has 0 spiro atoms. The Kier molecular flexibility index (Phi) is 4.37. The van der Waals surface area contributed by atoms with Gasteiger partial charge in [-0.1, -0.05) is 6.07 Å². The van der Waals surface area contributed by atoms with Crippen molar-refractivity contribution in [2.75, 3.05) is 12.8 Å². The maximum atomic E-state index is 13.1. The number of nitrogens with zero attached hydrogens (tertiary/aromatic N) is 5. The molecule has 0 saturated heterocycles. The second-order valence-electron chi connectivity index (χ2n) is 8.56. The third-order valence-electron chi connectivity index (χ3n) is 6.30. The zero-order valence-corrected chi connectivity index (χ0v) is 18.3. The van der Waals surface area contributed by atoms with Crippen LogP contribution in [0.5, 0.6) is 0 Å². The first-order chi connectivity index (χ1) is 15.2. The van der Waals surface area contributed by atoms with Crippen LogP contribution in [0.2, 0.25) is 0 Å². The number of aromatic nitrogens is 5. The second-order valence-corrected chi connectivity index (χ2v) is 10.2. The highest BCUT2D eigenvalue weighted by atomic mass is 32.2. The molecule has 11 nitrogen and oxygen atoms in total. The quantitative estimate of drug-likeness (QED) is 0.487. The van der Waals surface area contributed by atoms with Crippen LogP contribution in [0, 0.1) is 12.3 Å². The van der Waals surface area contributed by atoms with Crippen molar-refractivity contribution in [1.82, 2.24) is 34.8 Å². The molecule has 4 N–H and O–H groups in total. The Labute approximate surface area is 184 Å². The number of amides is 1. The van der Waals surface area contributed by atoms with Crippen molar-refractivity contribution in [2.45, 2.75) is 36.6 Å². The average molecular weight is 455 g/mol. The normalized spacial score (nSPS) is 23.8. The number of carbonyl (C=O) groups is 1. The lowest BCUT2D eigenvalue weighted by Crippen LogP contribution is -2.78. The van der Waals surface area contributed by atoms with Crippen molar-refractivity contribution in [3.8, 4) is 17.1 Å². The zero-order chi connectivity index (χ0) is 22.7. The van der Waals surface area contributed by atoms with E-state index in [2.05, 4.69) is 30.1 Å². The van der Waals surface area contributed by atoms with Gasteiger partial charge in [0.05, 0.1) is 22.2 Å². The van der Waals surface area contributed by atoms with Crippen molar-refractivity contribution >= 4 is 21.7 Å². The van der Waals surface area contributed by atoms with Crippen LogP contribution in [0.3, 0.4) is 0 Å². The molecule has 32 heavy (non-hydrogen) atoms. The van der Waals surface area contributed by atoms with Gasteiger partial charge in [0.2, 0.25) is 15.9 Å². The predicted octanol–water partition coefficient (Wildman–Crippen LogP) is 0.562. The number of nitrogens with one attached hydrogen (secondary N) is 2. The summed E-state index contributed by atoms with van der Waals surface area (Å²) in [7, 11) is -2.19. The summed E-state index contributed by atoms with van der Waals surface area (Å²) in [6.07, 6.45) is 5.86. The van der Waals surface area contributed by atoms with Crippen molar-refractivity contribution < 1.29 is 13.2 Å². The summed E-state index contributed by atoms with van der Waals surface area (Å²) < 4.78 is 30.5. The minimum absolute atomic E-state index is 0.0266. The van der Waals surface area contributed by atoms with Gasteiger partial charge in [-0.05, 0) is 43.9 Å². The maximum absolute atomic E-state index is 13.1. The molecule has 3 aromatic rings. The third kappa shape index (κ3) is 3.06. The van der Waals surface area contributed by atoms with E-state index in [0.29, 0.717) is 36.3 Å². The van der Waals surface area contributed by atoms with Gasteiger partial charge in [-0.2, -0.15) is 9.78 Å². The summed E-state index contributed by atoms with van der Waals surface area (Å²) in [5.41, 5.74) is 6.87. The van der Waals surface area contributed by atoms with Crippen LogP contribution in [0.15, 0.2) is 41.9 Å². The highest BCUT2D eigenvalue weighted by Gasteiger charge is 2.72. The van der Waals surface area contributed by atoms with Crippen molar-refractivity contribution in [3.05, 3.63) is 42.6 Å². The van der Waals surface area contributed by atoms with E-state index in [0.717, 1.165) is 5.56 Å². The fraction of sp³-hybridized carbons (Fsp3) is 0.350. The predicted molar refractivity (Wildman–Crippen MR) is 115 cm³/mol. The van der Waals surface area contributed by atoms with Crippen LogP contribution in [-0.4, -0.2) is 51.6 Å². The molecule has 3 aliphatic carbocycles. The van der Waals surface area contributed by atoms with Gasteiger partial charge in [0.1, 0.15) is 12.7 Å². The van der Waals surface area contributed by atoms with Crippen molar-refractivity contribution in [1.29, 1.82) is 0 Å². The van der Waals surface area contributed by atoms with Gasteiger partial charge in [-0.3, -0.25) is 4.79 Å². The zero-order valence-electron chi connectivity index (χ0n) is 17.5. The highest BCUT2D eigenvalue weighted by Crippen LogP contribution is 2.67. The summed E-state index contributed by atoms with van der Waals surface area (Å²) in [6, 6.07) is 4.86. The summed E-state index contributed by atoms with van der Waals surface area (Å²) in [5.74, 6) is 0.455. The minimum atomic E-state index is -3.79. The molecule has 0 atom stereocenters. The molecule has 1 aromatic carbocycles. The summed E-state index contributed by atoms with van der Waals surface area (Å²) in [6.45, 7) is 1.86. The van der Waals surface area contributed by atoms with E-state index in [9.17, 15) is 13.2 Å². The maximum Gasteiger partial charge on any atom is 0.241 e. The van der Waals surface area contributed by atoms with Gasteiger partial charge in [-0.15, -0.1) is 0 Å². The SMILES string of the molecule is CNC(=O)C12CC(NS(=O)(=O)c3ccc(C)c(-c4cnc(N)c(-n5cncn5)n4)c3)(C1)C2. The van der Waals surface area contributed by atoms with E-state index in [-0.39, 0.29) is 16.6 Å². The molecule has 3 aliphatic rings. The van der Waals surface area contributed by atoms with E-state index in [1.54, 1.807) is 25.2 Å². The number of nitrogens with two attached hydrogens (primary N) is 1. The lowest BCUT2D eigenvalue weighted by Gasteiger charge is -2.68. The van der Waals surface area contributed by atoms with E-state index >= 15 is 0 Å². The topological polar surface area (TPSA) is 158 Å². The second kappa shape index (κ2) is 6.81. The van der Waals surface area contributed by atoms with E-state index in [4.69, 9.17) is 5.73 Å². The standard InChI is InChI=1S/C20H22N8O3S/c1-12-3-4-13(32(30,31)27-20-7-19(8-20,9-20)18(29)22-2)5-14(12)15-6-24-16(21)17(26-15)28-11-23-10-25-28/h3-6,10-11,27H,7-9H2,1-2H3,(H2,21,24)(H,22,29). The number of sulfonamides is 1. The molecule has 0 radical (unpaired) electrons. The molecule has 12 heteroatoms. The molecule has 2 heterocycles. The monoisotopic (exact) mass is 454 g/mol. The van der Waals surface area contributed by atoms with Crippen molar-refractivity contribution in [3.63, 3.8) is 0 Å². The average Bonchev–Trinajstić information content (AvgIpc) is 3.24. The van der Waals surface area contributed by atoms with E-state index < -0.39 is 21.0 Å². The lowest BCUT2D eigenvalue weighted by molar-refractivity contribution is -0.175. The fourth-order valence-electron chi connectivity index (χ4n) is 4.79. The number of benzene rings is 1. The lowest BCUT2D eigenvalue weighted by atomic mass is 9.39. The fourth-order valence-corrected chi connectivity index (χ4v) is 6.22. The number of rotatable bonds is 6. The Balaban J connectivity index is 1.44. The first kappa shape index (κ1) is 20.5. The molecule has 166 valence electrons. The molecule has 0 unspecified atom stereocenters. The molecule has 3 fully saturated rings. The first-order valence-corrected chi connectivity index (χ1v) is 11.5. The molecule has 2 aromatic heterocycles. The largest absolute Gasteiger partial charge is 0.381 e. The molecule has 6 rings (SSSR count). The van der Waals surface area contributed by atoms with Gasteiger partial charge in [0.15, 0.2) is 11.6 Å². The van der Waals surface area contributed by atoms with Crippen molar-refractivity contribution in [2.24, 2.45) is 5.41 Å². The summed E-state index contributed by atoms with van der Waals surface area (Å²) >= 11 is 0. The number of hydrogen-bond donors (Lipinski definition) is 3. The molecule has 1 amide bonds. The Hall–Kier alpha value is -3.38. The Bertz CT molecular complexity index is 1320. The van der Waals surface area contributed by atoms with Gasteiger partial charge in [-0.25, -0.2) is 28.1 Å². The first-order valence-electron chi connectivity index (χ1n) is 10.0. The Morgan fingerprint density at radius 1 is 1.25 bits per heavy atom. The summed E-state index contributed by atoms with van der Waals surface area (Å²) in [4.78, 5) is 24.7. The van der Waals surface area contributed by atoms with E-state index in [1.807, 2.05) is 6.92 Å². The van der Waals surface area contributed by atoms with Crippen LogP contribution in [0.1, 0.15) is 24.8 Å². The summed E-state index contributed by atoms with van der Waals surface area (Å²) in [5, 5.41) is 6.69. The Morgan fingerprint density at radius 3 is 2.66 bits per heavy atom. The third-order valence-corrected chi connectivity index (χ3v) is 7.88. The van der Waals surface area contributed by atoms with Crippen LogP contribution in [-0.2, 0) is 14.8 Å². The number of anilines is 1. The molecule has 0 aliphatic heterocycles. The Morgan fingerprint density at radius 2 is 2.00 bits per heavy atom. The van der Waals surface area contributed by atoms with Gasteiger partial charge in [0, 0.05) is 18.2 Å². The highest BCUT2D eigenvalue weighted by molar-refractivity contribution is 7.89. The molecular formula is C20H22N8O3S. The number of carbonyl (C=O) groups excluding carboxylic acids is 1. The van der Waals surface area contributed by atoms with Gasteiger partial charge in [0.25, 0.3) is 0 Å². The number of hydrogen-bond acceptors (Lipinski definition) is 8. The van der Waals surface area contributed by atoms with Crippen LogP contribution in [0.25, 0.3) is 17.1 Å². The van der Waals surface area contributed by atoms with Crippen LogP contribution in [0.4, 0.5) is 5.82 Å². The molecule has 2 bridgehead atoms.